The maximum Gasteiger partial charge on any atom is 0.242 e. The molecule has 2 aromatic rings. The Morgan fingerprint density at radius 3 is 2.83 bits per heavy atom. The molecule has 0 amide bonds. The number of rotatable bonds is 4. The first-order valence-corrected chi connectivity index (χ1v) is 6.33. The fraction of sp³-hybridized carbons (Fsp3) is 0.250. The fourth-order valence-electron chi connectivity index (χ4n) is 1.25. The zero-order chi connectivity index (χ0) is 13.2. The van der Waals surface area contributed by atoms with Crippen LogP contribution >= 0.6 is 0 Å². The molecule has 0 spiro atoms. The van der Waals surface area contributed by atoms with Gasteiger partial charge in [0, 0.05) is 6.20 Å². The summed E-state index contributed by atoms with van der Waals surface area (Å²) in [5.41, 5.74) is 0. The van der Waals surface area contributed by atoms with E-state index in [1.165, 1.54) is 6.92 Å². The van der Waals surface area contributed by atoms with E-state index in [2.05, 4.69) is 30.3 Å². The van der Waals surface area contributed by atoms with Gasteiger partial charge in [0.2, 0.25) is 10.0 Å². The Morgan fingerprint density at radius 1 is 1.44 bits per heavy atom. The van der Waals surface area contributed by atoms with Crippen LogP contribution in [-0.4, -0.2) is 34.0 Å². The first-order chi connectivity index (χ1) is 8.49. The molecule has 0 saturated heterocycles. The standard InChI is InChI=1S/C8H9FN6O2S/c1-5(8-11-14-15-12-8)13-18(16,17)7-2-6(9)3-10-4-7/h2-5,13H,1H3,(H,11,12,14,15). The molecule has 2 N–H and O–H groups in total. The third-order valence-corrected chi connectivity index (χ3v) is 3.58. The van der Waals surface area contributed by atoms with Crippen LogP contribution in [-0.2, 0) is 10.0 Å². The Labute approximate surface area is 102 Å². The van der Waals surface area contributed by atoms with Crippen molar-refractivity contribution in [1.29, 1.82) is 0 Å². The molecule has 0 aromatic carbocycles. The number of H-pyrrole nitrogens is 1. The first kappa shape index (κ1) is 12.5. The van der Waals surface area contributed by atoms with Gasteiger partial charge in [0.1, 0.15) is 10.7 Å². The van der Waals surface area contributed by atoms with Gasteiger partial charge >= 0.3 is 0 Å². The highest BCUT2D eigenvalue weighted by molar-refractivity contribution is 7.89. The van der Waals surface area contributed by atoms with E-state index in [1.54, 1.807) is 0 Å². The summed E-state index contributed by atoms with van der Waals surface area (Å²) in [4.78, 5) is 3.21. The molecule has 8 nitrogen and oxygen atoms in total. The molecule has 10 heteroatoms. The average Bonchev–Trinajstić information content (AvgIpc) is 2.82. The van der Waals surface area contributed by atoms with Crippen molar-refractivity contribution >= 4 is 10.0 Å². The highest BCUT2D eigenvalue weighted by atomic mass is 32.2. The maximum absolute atomic E-state index is 12.9. The van der Waals surface area contributed by atoms with Crippen LogP contribution in [0.3, 0.4) is 0 Å². The van der Waals surface area contributed by atoms with Gasteiger partial charge in [-0.15, -0.1) is 10.2 Å². The normalized spacial score (nSPS) is 13.4. The van der Waals surface area contributed by atoms with Crippen LogP contribution < -0.4 is 4.72 Å². The van der Waals surface area contributed by atoms with Crippen molar-refractivity contribution in [2.45, 2.75) is 17.9 Å². The number of nitrogens with one attached hydrogen (secondary N) is 2. The van der Waals surface area contributed by atoms with Crippen LogP contribution in [0.5, 0.6) is 0 Å². The highest BCUT2D eigenvalue weighted by Crippen LogP contribution is 2.13. The summed E-state index contributed by atoms with van der Waals surface area (Å²) in [6.07, 6.45) is 1.97. The van der Waals surface area contributed by atoms with Crippen molar-refractivity contribution in [3.63, 3.8) is 0 Å². The van der Waals surface area contributed by atoms with E-state index in [9.17, 15) is 12.8 Å². The molecule has 18 heavy (non-hydrogen) atoms. The molecule has 2 rings (SSSR count). The number of hydrogen-bond donors (Lipinski definition) is 2. The Hall–Kier alpha value is -1.94. The lowest BCUT2D eigenvalue weighted by Crippen LogP contribution is -2.27. The Morgan fingerprint density at radius 2 is 2.22 bits per heavy atom. The topological polar surface area (TPSA) is 114 Å². The molecule has 0 saturated carbocycles. The van der Waals surface area contributed by atoms with Gasteiger partial charge in [-0.2, -0.15) is 5.21 Å². The Balaban J connectivity index is 2.22. The predicted octanol–water partition coefficient (Wildman–Crippen LogP) is -0.227. The van der Waals surface area contributed by atoms with Gasteiger partial charge in [-0.25, -0.2) is 17.5 Å². The molecular weight excluding hydrogens is 263 g/mol. The van der Waals surface area contributed by atoms with Gasteiger partial charge in [-0.3, -0.25) is 4.98 Å². The largest absolute Gasteiger partial charge is 0.260 e. The van der Waals surface area contributed by atoms with Crippen LogP contribution in [0.2, 0.25) is 0 Å². The van der Waals surface area contributed by atoms with E-state index >= 15 is 0 Å². The average molecular weight is 272 g/mol. The second-order valence-corrected chi connectivity index (χ2v) is 5.17. The molecule has 2 heterocycles. The third kappa shape index (κ3) is 2.65. The van der Waals surface area contributed by atoms with Crippen LogP contribution in [0.1, 0.15) is 18.8 Å². The van der Waals surface area contributed by atoms with Gasteiger partial charge in [-0.1, -0.05) is 5.21 Å². The lowest BCUT2D eigenvalue weighted by molar-refractivity contribution is 0.556. The van der Waals surface area contributed by atoms with Crippen LogP contribution in [0, 0.1) is 5.82 Å². The predicted molar refractivity (Wildman–Crippen MR) is 57.1 cm³/mol. The molecule has 0 aliphatic heterocycles. The molecule has 1 unspecified atom stereocenters. The molecule has 0 fully saturated rings. The Kier molecular flexibility index (Phi) is 3.30. The molecule has 0 aliphatic rings. The van der Waals surface area contributed by atoms with Gasteiger partial charge in [0.05, 0.1) is 12.2 Å². The summed E-state index contributed by atoms with van der Waals surface area (Å²) < 4.78 is 39.0. The van der Waals surface area contributed by atoms with Crippen LogP contribution in [0.15, 0.2) is 23.4 Å². The van der Waals surface area contributed by atoms with Gasteiger partial charge in [0.15, 0.2) is 5.82 Å². The highest BCUT2D eigenvalue weighted by Gasteiger charge is 2.21. The molecular formula is C8H9FN6O2S. The van der Waals surface area contributed by atoms with E-state index in [-0.39, 0.29) is 10.7 Å². The zero-order valence-corrected chi connectivity index (χ0v) is 10.0. The second-order valence-electron chi connectivity index (χ2n) is 3.45. The van der Waals surface area contributed by atoms with Crippen molar-refractivity contribution in [3.8, 4) is 0 Å². The smallest absolute Gasteiger partial charge is 0.242 e. The summed E-state index contributed by atoms with van der Waals surface area (Å²) in [7, 11) is -3.88. The molecule has 1 atom stereocenters. The van der Waals surface area contributed by atoms with Crippen molar-refractivity contribution in [2.75, 3.05) is 0 Å². The van der Waals surface area contributed by atoms with E-state index in [4.69, 9.17) is 0 Å². The summed E-state index contributed by atoms with van der Waals surface area (Å²) in [5, 5.41) is 12.8. The van der Waals surface area contributed by atoms with Crippen LogP contribution in [0.4, 0.5) is 4.39 Å². The number of aromatic nitrogens is 5. The van der Waals surface area contributed by atoms with Crippen molar-refractivity contribution in [1.82, 2.24) is 30.3 Å². The van der Waals surface area contributed by atoms with Gasteiger partial charge in [-0.05, 0) is 13.0 Å². The molecule has 2 aromatic heterocycles. The van der Waals surface area contributed by atoms with Gasteiger partial charge < -0.3 is 0 Å². The zero-order valence-electron chi connectivity index (χ0n) is 9.20. The van der Waals surface area contributed by atoms with Crippen molar-refractivity contribution in [3.05, 3.63) is 30.1 Å². The van der Waals surface area contributed by atoms with E-state index in [1.807, 2.05) is 0 Å². The molecule has 0 aliphatic carbocycles. The minimum absolute atomic E-state index is 0.183. The second kappa shape index (κ2) is 4.74. The minimum Gasteiger partial charge on any atom is -0.260 e. The van der Waals surface area contributed by atoms with Gasteiger partial charge in [0.25, 0.3) is 0 Å². The van der Waals surface area contributed by atoms with Crippen molar-refractivity contribution < 1.29 is 12.8 Å². The number of hydrogen-bond acceptors (Lipinski definition) is 6. The van der Waals surface area contributed by atoms with E-state index < -0.39 is 21.9 Å². The number of aromatic amines is 1. The van der Waals surface area contributed by atoms with E-state index in [0.717, 1.165) is 18.5 Å². The number of tetrazole rings is 1. The summed E-state index contributed by atoms with van der Waals surface area (Å²) in [6.45, 7) is 1.54. The third-order valence-electron chi connectivity index (χ3n) is 2.07. The SMILES string of the molecule is CC(NS(=O)(=O)c1cncc(F)c1)c1nn[nH]n1. The Bertz CT molecular complexity index is 629. The molecule has 0 radical (unpaired) electrons. The van der Waals surface area contributed by atoms with E-state index in [0.29, 0.717) is 0 Å². The molecule has 0 bridgehead atoms. The summed E-state index contributed by atoms with van der Waals surface area (Å²) in [5.74, 6) is -0.548. The van der Waals surface area contributed by atoms with Crippen molar-refractivity contribution in [2.24, 2.45) is 0 Å². The quantitative estimate of drug-likeness (QED) is 0.795. The van der Waals surface area contributed by atoms with Crippen LogP contribution in [0.25, 0.3) is 0 Å². The minimum atomic E-state index is -3.88. The summed E-state index contributed by atoms with van der Waals surface area (Å²) >= 11 is 0. The number of nitrogens with zero attached hydrogens (tertiary/aromatic N) is 4. The summed E-state index contributed by atoms with van der Waals surface area (Å²) in [6, 6.07) is 0.176. The number of sulfonamides is 1. The number of pyridine rings is 1. The lowest BCUT2D eigenvalue weighted by Gasteiger charge is -2.10. The first-order valence-electron chi connectivity index (χ1n) is 4.85. The monoisotopic (exact) mass is 272 g/mol. The molecule has 96 valence electrons. The number of halogens is 1. The lowest BCUT2D eigenvalue weighted by atomic mass is 10.4. The maximum atomic E-state index is 12.9. The fourth-order valence-corrected chi connectivity index (χ4v) is 2.42.